The Kier molecular flexibility index (Phi) is 6.11. The molecule has 0 saturated carbocycles. The number of ether oxygens (including phenoxy) is 1. The first kappa shape index (κ1) is 22.4. The number of hydrogen-bond acceptors (Lipinski definition) is 4. The number of rotatable bonds is 7. The van der Waals surface area contributed by atoms with Crippen LogP contribution in [0.5, 0.6) is 5.75 Å². The van der Waals surface area contributed by atoms with Gasteiger partial charge in [0.2, 0.25) is 5.91 Å². The van der Waals surface area contributed by atoms with Gasteiger partial charge in [-0.3, -0.25) is 9.52 Å². The fourth-order valence-electron chi connectivity index (χ4n) is 3.76. The molecule has 8 heteroatoms. The molecular formula is C25H25N3O4S. The van der Waals surface area contributed by atoms with Crippen LogP contribution < -0.4 is 14.8 Å². The Bertz CT molecular complexity index is 1420. The van der Waals surface area contributed by atoms with Crippen LogP contribution in [0.4, 0.5) is 11.4 Å². The Hall–Kier alpha value is -3.78. The van der Waals surface area contributed by atoms with Gasteiger partial charge in [-0.1, -0.05) is 24.3 Å². The minimum absolute atomic E-state index is 0.0967. The largest absolute Gasteiger partial charge is 0.497 e. The summed E-state index contributed by atoms with van der Waals surface area (Å²) in [6.45, 7) is 3.65. The van der Waals surface area contributed by atoms with E-state index in [1.54, 1.807) is 50.4 Å². The molecule has 3 N–H and O–H groups in total. The predicted octanol–water partition coefficient (Wildman–Crippen LogP) is 4.78. The quantitative estimate of drug-likeness (QED) is 0.367. The molecule has 4 rings (SSSR count). The molecule has 4 aromatic rings. The Morgan fingerprint density at radius 2 is 1.67 bits per heavy atom. The van der Waals surface area contributed by atoms with Gasteiger partial charge in [0.15, 0.2) is 0 Å². The van der Waals surface area contributed by atoms with Crippen LogP contribution in [-0.4, -0.2) is 26.4 Å². The number of H-pyrrole nitrogens is 1. The second kappa shape index (κ2) is 8.99. The van der Waals surface area contributed by atoms with E-state index in [-0.39, 0.29) is 17.2 Å². The van der Waals surface area contributed by atoms with Gasteiger partial charge in [0, 0.05) is 28.0 Å². The van der Waals surface area contributed by atoms with Crippen molar-refractivity contribution < 1.29 is 17.9 Å². The molecule has 0 spiro atoms. The monoisotopic (exact) mass is 463 g/mol. The van der Waals surface area contributed by atoms with Gasteiger partial charge >= 0.3 is 0 Å². The van der Waals surface area contributed by atoms with E-state index >= 15 is 0 Å². The number of fused-ring (bicyclic) bond motifs is 1. The first-order valence-electron chi connectivity index (χ1n) is 10.4. The van der Waals surface area contributed by atoms with Crippen LogP contribution in [0, 0.1) is 13.8 Å². The van der Waals surface area contributed by atoms with Gasteiger partial charge in [0.05, 0.1) is 18.4 Å². The van der Waals surface area contributed by atoms with Crippen molar-refractivity contribution in [2.45, 2.75) is 25.2 Å². The van der Waals surface area contributed by atoms with Crippen molar-refractivity contribution >= 4 is 38.2 Å². The highest BCUT2D eigenvalue weighted by Gasteiger charge is 2.19. The molecular weight excluding hydrogens is 438 g/mol. The smallest absolute Gasteiger partial charge is 0.262 e. The summed E-state index contributed by atoms with van der Waals surface area (Å²) in [5, 5.41) is 3.83. The van der Waals surface area contributed by atoms with Gasteiger partial charge in [-0.05, 0) is 67.4 Å². The van der Waals surface area contributed by atoms with Crippen molar-refractivity contribution in [2.24, 2.45) is 0 Å². The lowest BCUT2D eigenvalue weighted by atomic mass is 10.1. The molecule has 0 unspecified atom stereocenters. The van der Waals surface area contributed by atoms with E-state index in [1.165, 1.54) is 6.07 Å². The molecule has 170 valence electrons. The standard InChI is InChI=1S/C25H25N3O4S/c1-16-8-9-19(14-24(16)33(30,31)28-18-10-12-20(32-3)13-11-18)27-25(29)15-22-17(2)26-23-7-5-4-6-21(22)23/h4-14,26,28H,15H2,1-3H3,(H,27,29). The molecule has 0 radical (unpaired) electrons. The van der Waals surface area contributed by atoms with Gasteiger partial charge in [0.25, 0.3) is 10.0 Å². The summed E-state index contributed by atoms with van der Waals surface area (Å²) in [6, 6.07) is 19.3. The van der Waals surface area contributed by atoms with Crippen molar-refractivity contribution in [3.05, 3.63) is 83.6 Å². The number of carbonyl (C=O) groups excluding carboxylic acids is 1. The van der Waals surface area contributed by atoms with Crippen LogP contribution in [0.3, 0.4) is 0 Å². The number of carbonyl (C=O) groups is 1. The summed E-state index contributed by atoms with van der Waals surface area (Å²) in [5.74, 6) is 0.405. The average Bonchev–Trinajstić information content (AvgIpc) is 3.10. The summed E-state index contributed by atoms with van der Waals surface area (Å²) in [7, 11) is -2.31. The SMILES string of the molecule is COc1ccc(NS(=O)(=O)c2cc(NC(=O)Cc3c(C)[nH]c4ccccc34)ccc2C)cc1. The zero-order valence-electron chi connectivity index (χ0n) is 18.6. The van der Waals surface area contributed by atoms with Crippen molar-refractivity contribution in [1.82, 2.24) is 4.98 Å². The van der Waals surface area contributed by atoms with Gasteiger partial charge in [-0.15, -0.1) is 0 Å². The first-order chi connectivity index (χ1) is 15.8. The third-order valence-corrected chi connectivity index (χ3v) is 6.99. The maximum Gasteiger partial charge on any atom is 0.262 e. The molecule has 1 amide bonds. The third kappa shape index (κ3) is 4.85. The van der Waals surface area contributed by atoms with E-state index in [9.17, 15) is 13.2 Å². The Morgan fingerprint density at radius 3 is 2.39 bits per heavy atom. The van der Waals surface area contributed by atoms with E-state index in [0.717, 1.165) is 22.2 Å². The van der Waals surface area contributed by atoms with Crippen LogP contribution in [0.1, 0.15) is 16.8 Å². The molecule has 33 heavy (non-hydrogen) atoms. The number of aromatic amines is 1. The summed E-state index contributed by atoms with van der Waals surface area (Å²) in [5.41, 5.74) is 4.23. The number of hydrogen-bond donors (Lipinski definition) is 3. The zero-order valence-corrected chi connectivity index (χ0v) is 19.4. The fourth-order valence-corrected chi connectivity index (χ4v) is 5.10. The lowest BCUT2D eigenvalue weighted by Crippen LogP contribution is -2.17. The second-order valence-electron chi connectivity index (χ2n) is 7.81. The molecule has 0 atom stereocenters. The summed E-state index contributed by atoms with van der Waals surface area (Å²) in [6.07, 6.45) is 0.176. The van der Waals surface area contributed by atoms with Gasteiger partial charge in [-0.2, -0.15) is 0 Å². The Morgan fingerprint density at radius 1 is 0.970 bits per heavy atom. The topological polar surface area (TPSA) is 100 Å². The summed E-state index contributed by atoms with van der Waals surface area (Å²) < 4.78 is 33.7. The highest BCUT2D eigenvalue weighted by atomic mass is 32.2. The minimum atomic E-state index is -3.85. The normalized spacial score (nSPS) is 11.4. The van der Waals surface area contributed by atoms with E-state index in [1.807, 2.05) is 31.2 Å². The zero-order chi connectivity index (χ0) is 23.6. The van der Waals surface area contributed by atoms with E-state index < -0.39 is 10.0 Å². The van der Waals surface area contributed by atoms with Crippen LogP contribution in [0.15, 0.2) is 71.6 Å². The number of aromatic nitrogens is 1. The highest BCUT2D eigenvalue weighted by Crippen LogP contribution is 2.26. The summed E-state index contributed by atoms with van der Waals surface area (Å²) >= 11 is 0. The molecule has 0 aliphatic carbocycles. The molecule has 0 aliphatic heterocycles. The molecule has 1 aromatic heterocycles. The molecule has 0 aliphatic rings. The molecule has 1 heterocycles. The van der Waals surface area contributed by atoms with Crippen molar-refractivity contribution in [3.63, 3.8) is 0 Å². The fraction of sp³-hybridized carbons (Fsp3) is 0.160. The maximum atomic E-state index is 13.0. The lowest BCUT2D eigenvalue weighted by Gasteiger charge is -2.13. The third-order valence-electron chi connectivity index (χ3n) is 5.47. The van der Waals surface area contributed by atoms with Gasteiger partial charge in [-0.25, -0.2) is 8.42 Å². The lowest BCUT2D eigenvalue weighted by molar-refractivity contribution is -0.115. The van der Waals surface area contributed by atoms with E-state index in [2.05, 4.69) is 15.0 Å². The Labute approximate surface area is 192 Å². The number of methoxy groups -OCH3 is 1. The van der Waals surface area contributed by atoms with Crippen molar-refractivity contribution in [3.8, 4) is 5.75 Å². The molecule has 0 saturated heterocycles. The number of aryl methyl sites for hydroxylation is 2. The number of benzene rings is 3. The van der Waals surface area contributed by atoms with Crippen LogP contribution >= 0.6 is 0 Å². The van der Waals surface area contributed by atoms with Crippen LogP contribution in [0.25, 0.3) is 10.9 Å². The average molecular weight is 464 g/mol. The number of anilines is 2. The second-order valence-corrected chi connectivity index (χ2v) is 9.46. The Balaban J connectivity index is 1.53. The number of para-hydroxylation sites is 1. The number of nitrogens with one attached hydrogen (secondary N) is 3. The minimum Gasteiger partial charge on any atom is -0.497 e. The van der Waals surface area contributed by atoms with Crippen molar-refractivity contribution in [2.75, 3.05) is 17.1 Å². The molecule has 0 fully saturated rings. The predicted molar refractivity (Wildman–Crippen MR) is 130 cm³/mol. The molecule has 3 aromatic carbocycles. The van der Waals surface area contributed by atoms with E-state index in [0.29, 0.717) is 22.7 Å². The van der Waals surface area contributed by atoms with E-state index in [4.69, 9.17) is 4.74 Å². The van der Waals surface area contributed by atoms with Crippen LogP contribution in [-0.2, 0) is 21.2 Å². The number of amides is 1. The van der Waals surface area contributed by atoms with Crippen molar-refractivity contribution in [1.29, 1.82) is 0 Å². The first-order valence-corrected chi connectivity index (χ1v) is 11.9. The number of sulfonamides is 1. The maximum absolute atomic E-state index is 13.0. The summed E-state index contributed by atoms with van der Waals surface area (Å²) in [4.78, 5) is 16.2. The molecule has 0 bridgehead atoms. The van der Waals surface area contributed by atoms with Gasteiger partial charge in [0.1, 0.15) is 5.75 Å². The van der Waals surface area contributed by atoms with Gasteiger partial charge < -0.3 is 15.0 Å². The molecule has 7 nitrogen and oxygen atoms in total. The highest BCUT2D eigenvalue weighted by molar-refractivity contribution is 7.92. The van der Waals surface area contributed by atoms with Crippen LogP contribution in [0.2, 0.25) is 0 Å².